The summed E-state index contributed by atoms with van der Waals surface area (Å²) >= 11 is 0. The maximum Gasteiger partial charge on any atom is 0.191 e. The Kier molecular flexibility index (Phi) is 7.64. The lowest BCUT2D eigenvalue weighted by Crippen LogP contribution is -2.36. The van der Waals surface area contributed by atoms with Crippen LogP contribution in [0.15, 0.2) is 64.7 Å². The van der Waals surface area contributed by atoms with Gasteiger partial charge in [0, 0.05) is 18.9 Å². The lowest BCUT2D eigenvalue weighted by atomic mass is 10.2. The molecule has 0 aliphatic carbocycles. The predicted octanol–water partition coefficient (Wildman–Crippen LogP) is 3.48. The van der Waals surface area contributed by atoms with E-state index in [0.717, 1.165) is 17.9 Å². The van der Waals surface area contributed by atoms with Crippen molar-refractivity contribution in [3.05, 3.63) is 72.5 Å². The fourth-order valence-corrected chi connectivity index (χ4v) is 2.36. The lowest BCUT2D eigenvalue weighted by Gasteiger charge is -2.10. The Balaban J connectivity index is 0.00000243. The van der Waals surface area contributed by atoms with Crippen molar-refractivity contribution >= 4 is 29.9 Å². The average molecular weight is 469 g/mol. The highest BCUT2D eigenvalue weighted by molar-refractivity contribution is 14.0. The van der Waals surface area contributed by atoms with Crippen molar-refractivity contribution in [1.29, 1.82) is 0 Å². The van der Waals surface area contributed by atoms with Crippen molar-refractivity contribution in [2.24, 2.45) is 4.99 Å². The van der Waals surface area contributed by atoms with Gasteiger partial charge in [-0.15, -0.1) is 24.0 Å². The number of benzene rings is 1. The van der Waals surface area contributed by atoms with Gasteiger partial charge in [-0.05, 0) is 36.8 Å². The number of aliphatic imine (C=N–C) groups is 1. The Hall–Kier alpha value is -2.36. The molecule has 0 spiro atoms. The highest BCUT2D eigenvalue weighted by atomic mass is 127. The van der Waals surface area contributed by atoms with Crippen LogP contribution in [-0.4, -0.2) is 22.1 Å². The number of nitrogens with one attached hydrogen (secondary N) is 2. The maximum atomic E-state index is 14.3. The molecule has 0 amide bonds. The third-order valence-electron chi connectivity index (χ3n) is 3.57. The van der Waals surface area contributed by atoms with Gasteiger partial charge in [-0.2, -0.15) is 0 Å². The fourth-order valence-electron chi connectivity index (χ4n) is 2.36. The number of imidazole rings is 1. The van der Waals surface area contributed by atoms with Crippen LogP contribution in [0.25, 0.3) is 5.69 Å². The van der Waals surface area contributed by atoms with E-state index in [-0.39, 0.29) is 29.8 Å². The Labute approximate surface area is 168 Å². The van der Waals surface area contributed by atoms with Gasteiger partial charge < -0.3 is 19.6 Å². The summed E-state index contributed by atoms with van der Waals surface area (Å²) in [4.78, 5) is 8.42. The van der Waals surface area contributed by atoms with Gasteiger partial charge in [-0.25, -0.2) is 14.4 Å². The normalized spacial score (nSPS) is 11.1. The first-order valence-corrected chi connectivity index (χ1v) is 8.07. The molecule has 0 bridgehead atoms. The monoisotopic (exact) mass is 469 g/mol. The van der Waals surface area contributed by atoms with Crippen LogP contribution >= 0.6 is 24.0 Å². The van der Waals surface area contributed by atoms with E-state index in [4.69, 9.17) is 4.42 Å². The summed E-state index contributed by atoms with van der Waals surface area (Å²) in [5.41, 5.74) is 1.25. The van der Waals surface area contributed by atoms with E-state index in [1.165, 1.54) is 6.07 Å². The van der Waals surface area contributed by atoms with Crippen LogP contribution in [0.1, 0.15) is 18.2 Å². The zero-order valence-corrected chi connectivity index (χ0v) is 16.7. The SMILES string of the molecule is CCNC(=NCc1ccc(-n2ccnc2)c(F)c1)NCc1ccco1.I. The number of halogens is 2. The molecule has 8 heteroatoms. The molecule has 0 aliphatic heterocycles. The predicted molar refractivity (Wildman–Crippen MR) is 109 cm³/mol. The Morgan fingerprint density at radius 1 is 1.31 bits per heavy atom. The van der Waals surface area contributed by atoms with Crippen LogP contribution < -0.4 is 10.6 Å². The number of aromatic nitrogens is 2. The molecule has 0 saturated heterocycles. The highest BCUT2D eigenvalue weighted by Crippen LogP contribution is 2.15. The number of hydrogen-bond acceptors (Lipinski definition) is 3. The van der Waals surface area contributed by atoms with Crippen molar-refractivity contribution in [3.8, 4) is 5.69 Å². The standard InChI is InChI=1S/C18H20FN5O.HI/c1-2-21-18(23-12-15-4-3-9-25-15)22-11-14-5-6-17(16(19)10-14)24-8-7-20-13-24;/h3-10,13H,2,11-12H2,1H3,(H2,21,22,23);1H. The average Bonchev–Trinajstić information content (AvgIpc) is 3.31. The molecule has 26 heavy (non-hydrogen) atoms. The molecular formula is C18H21FIN5O. The van der Waals surface area contributed by atoms with E-state index >= 15 is 0 Å². The number of nitrogens with zero attached hydrogens (tertiary/aromatic N) is 3. The van der Waals surface area contributed by atoms with Crippen molar-refractivity contribution in [2.75, 3.05) is 6.54 Å². The summed E-state index contributed by atoms with van der Waals surface area (Å²) in [5.74, 6) is 1.17. The maximum absolute atomic E-state index is 14.3. The summed E-state index contributed by atoms with van der Waals surface area (Å²) in [6.45, 7) is 3.63. The Morgan fingerprint density at radius 2 is 2.19 bits per heavy atom. The second kappa shape index (κ2) is 9.95. The minimum Gasteiger partial charge on any atom is -0.467 e. The molecule has 3 aromatic rings. The summed E-state index contributed by atoms with van der Waals surface area (Å²) in [6, 6.07) is 8.81. The third kappa shape index (κ3) is 5.32. The largest absolute Gasteiger partial charge is 0.467 e. The Bertz CT molecular complexity index is 818. The lowest BCUT2D eigenvalue weighted by molar-refractivity contribution is 0.501. The molecule has 3 rings (SSSR count). The molecule has 0 unspecified atom stereocenters. The number of furan rings is 1. The van der Waals surface area contributed by atoms with E-state index in [1.807, 2.05) is 25.1 Å². The van der Waals surface area contributed by atoms with Gasteiger partial charge >= 0.3 is 0 Å². The molecule has 2 N–H and O–H groups in total. The van der Waals surface area contributed by atoms with E-state index in [1.54, 1.807) is 35.6 Å². The molecular weight excluding hydrogens is 448 g/mol. The van der Waals surface area contributed by atoms with Crippen molar-refractivity contribution in [2.45, 2.75) is 20.0 Å². The molecule has 1 aromatic carbocycles. The quantitative estimate of drug-likeness (QED) is 0.330. The topological polar surface area (TPSA) is 67.4 Å². The van der Waals surface area contributed by atoms with Gasteiger partial charge in [0.15, 0.2) is 5.96 Å². The van der Waals surface area contributed by atoms with Crippen LogP contribution in [0.2, 0.25) is 0 Å². The first-order valence-electron chi connectivity index (χ1n) is 8.07. The zero-order valence-electron chi connectivity index (χ0n) is 14.4. The number of hydrogen-bond donors (Lipinski definition) is 2. The van der Waals surface area contributed by atoms with Crippen molar-refractivity contribution < 1.29 is 8.81 Å². The van der Waals surface area contributed by atoms with Crippen LogP contribution in [0.4, 0.5) is 4.39 Å². The van der Waals surface area contributed by atoms with Crippen LogP contribution in [0.3, 0.4) is 0 Å². The van der Waals surface area contributed by atoms with Gasteiger partial charge in [0.1, 0.15) is 11.6 Å². The molecule has 0 radical (unpaired) electrons. The van der Waals surface area contributed by atoms with Gasteiger partial charge in [0.05, 0.1) is 31.4 Å². The van der Waals surface area contributed by atoms with Crippen LogP contribution in [0, 0.1) is 5.82 Å². The smallest absolute Gasteiger partial charge is 0.191 e. The van der Waals surface area contributed by atoms with Gasteiger partial charge in [-0.3, -0.25) is 0 Å². The summed E-state index contributed by atoms with van der Waals surface area (Å²) in [5, 5.41) is 6.34. The number of rotatable bonds is 6. The summed E-state index contributed by atoms with van der Waals surface area (Å²) in [7, 11) is 0. The van der Waals surface area contributed by atoms with Gasteiger partial charge in [-0.1, -0.05) is 6.07 Å². The van der Waals surface area contributed by atoms with Gasteiger partial charge in [0.25, 0.3) is 0 Å². The highest BCUT2D eigenvalue weighted by Gasteiger charge is 2.06. The van der Waals surface area contributed by atoms with E-state index in [0.29, 0.717) is 24.7 Å². The van der Waals surface area contributed by atoms with Gasteiger partial charge in [0.2, 0.25) is 0 Å². The fraction of sp³-hybridized carbons (Fsp3) is 0.222. The molecule has 2 heterocycles. The molecule has 2 aromatic heterocycles. The van der Waals surface area contributed by atoms with Crippen LogP contribution in [-0.2, 0) is 13.1 Å². The van der Waals surface area contributed by atoms with E-state index in [2.05, 4.69) is 20.6 Å². The second-order valence-electron chi connectivity index (χ2n) is 5.38. The van der Waals surface area contributed by atoms with Crippen LogP contribution in [0.5, 0.6) is 0 Å². The molecule has 0 atom stereocenters. The first kappa shape index (κ1) is 20.0. The second-order valence-corrected chi connectivity index (χ2v) is 5.38. The third-order valence-corrected chi connectivity index (χ3v) is 3.57. The molecule has 0 saturated carbocycles. The van der Waals surface area contributed by atoms with Crippen molar-refractivity contribution in [3.63, 3.8) is 0 Å². The minimum absolute atomic E-state index is 0. The van der Waals surface area contributed by atoms with E-state index in [9.17, 15) is 4.39 Å². The molecule has 0 aliphatic rings. The van der Waals surface area contributed by atoms with Crippen molar-refractivity contribution in [1.82, 2.24) is 20.2 Å². The molecule has 6 nitrogen and oxygen atoms in total. The van der Waals surface area contributed by atoms with E-state index < -0.39 is 0 Å². The first-order chi connectivity index (χ1) is 12.3. The summed E-state index contributed by atoms with van der Waals surface area (Å²) in [6.07, 6.45) is 6.52. The Morgan fingerprint density at radius 3 is 2.85 bits per heavy atom. The minimum atomic E-state index is -0.306. The number of guanidine groups is 1. The molecule has 0 fully saturated rings. The molecule has 138 valence electrons. The summed E-state index contributed by atoms with van der Waals surface area (Å²) < 4.78 is 21.2. The zero-order chi connectivity index (χ0) is 17.5.